The van der Waals surface area contributed by atoms with Crippen molar-refractivity contribution >= 4 is 11.7 Å². The predicted octanol–water partition coefficient (Wildman–Crippen LogP) is 1.31. The average molecular weight is 245 g/mol. The minimum atomic E-state index is -1.06. The van der Waals surface area contributed by atoms with E-state index in [9.17, 15) is 10.0 Å². The van der Waals surface area contributed by atoms with E-state index in [0.29, 0.717) is 5.56 Å². The van der Waals surface area contributed by atoms with Crippen molar-refractivity contribution in [2.24, 2.45) is 0 Å². The van der Waals surface area contributed by atoms with Crippen LogP contribution in [-0.4, -0.2) is 11.2 Å². The Kier molecular flexibility index (Phi) is 3.69. The van der Waals surface area contributed by atoms with Gasteiger partial charge in [0.15, 0.2) is 5.69 Å². The Morgan fingerprint density at radius 3 is 2.50 bits per heavy atom. The van der Waals surface area contributed by atoms with Crippen LogP contribution in [0.15, 0.2) is 54.6 Å². The van der Waals surface area contributed by atoms with E-state index >= 15 is 0 Å². The average Bonchev–Trinajstić information content (AvgIpc) is 2.40. The highest BCUT2D eigenvalue weighted by atomic mass is 16.8. The first-order valence-corrected chi connectivity index (χ1v) is 5.27. The number of nitrogens with one attached hydrogen (secondary N) is 1. The van der Waals surface area contributed by atoms with Gasteiger partial charge in [0.2, 0.25) is 0 Å². The second-order valence-corrected chi connectivity index (χ2v) is 3.59. The highest BCUT2D eigenvalue weighted by Crippen LogP contribution is 2.16. The van der Waals surface area contributed by atoms with E-state index < -0.39 is 11.2 Å². The van der Waals surface area contributed by atoms with Crippen LogP contribution < -0.4 is 9.96 Å². The smallest absolute Gasteiger partial charge is 0.343 e. The van der Waals surface area contributed by atoms with E-state index in [4.69, 9.17) is 9.94 Å². The van der Waals surface area contributed by atoms with Crippen LogP contribution in [0, 0.1) is 5.21 Å². The predicted molar refractivity (Wildman–Crippen MR) is 63.6 cm³/mol. The van der Waals surface area contributed by atoms with E-state index in [2.05, 4.69) is 0 Å². The summed E-state index contributed by atoms with van der Waals surface area (Å²) in [5, 5.41) is 18.5. The lowest BCUT2D eigenvalue weighted by Gasteiger charge is -2.12. The zero-order chi connectivity index (χ0) is 13.0. The fraction of sp³-hybridized carbons (Fsp3) is 0. The summed E-state index contributed by atoms with van der Waals surface area (Å²) >= 11 is 0. The maximum absolute atomic E-state index is 11.7. The third-order valence-corrected chi connectivity index (χ3v) is 2.30. The number of benzene rings is 2. The van der Waals surface area contributed by atoms with Crippen molar-refractivity contribution in [2.45, 2.75) is 0 Å². The van der Waals surface area contributed by atoms with Gasteiger partial charge in [-0.3, -0.25) is 0 Å². The van der Waals surface area contributed by atoms with Crippen molar-refractivity contribution in [3.63, 3.8) is 0 Å². The summed E-state index contributed by atoms with van der Waals surface area (Å²) in [6.07, 6.45) is 0. The number of hydrogen-bond donors (Lipinski definition) is 2. The number of carbonyl (C=O) groups is 1. The molecule has 2 aromatic carbocycles. The molecule has 0 aromatic heterocycles. The SMILES string of the molecule is O=C(Oc1cccc([NH+]([O-])O)c1)c1ccccc1. The summed E-state index contributed by atoms with van der Waals surface area (Å²) in [5.74, 6) is -0.304. The van der Waals surface area contributed by atoms with Crippen molar-refractivity contribution in [1.82, 2.24) is 0 Å². The van der Waals surface area contributed by atoms with E-state index in [-0.39, 0.29) is 11.4 Å². The molecular formula is C13H11NO4. The monoisotopic (exact) mass is 245 g/mol. The fourth-order valence-corrected chi connectivity index (χ4v) is 1.43. The van der Waals surface area contributed by atoms with Gasteiger partial charge in [0.05, 0.1) is 5.56 Å². The van der Waals surface area contributed by atoms with Crippen LogP contribution in [0.3, 0.4) is 0 Å². The molecule has 5 heteroatoms. The molecule has 0 saturated heterocycles. The summed E-state index contributed by atoms with van der Waals surface area (Å²) in [7, 11) is 0. The van der Waals surface area contributed by atoms with Crippen LogP contribution in [0.4, 0.5) is 5.69 Å². The first-order valence-electron chi connectivity index (χ1n) is 5.27. The van der Waals surface area contributed by atoms with Crippen LogP contribution in [0.2, 0.25) is 0 Å². The second-order valence-electron chi connectivity index (χ2n) is 3.59. The number of hydrogen-bond acceptors (Lipinski definition) is 4. The summed E-state index contributed by atoms with van der Waals surface area (Å²) in [4.78, 5) is 11.7. The number of quaternary nitrogens is 1. The minimum absolute atomic E-state index is 0.0772. The summed E-state index contributed by atoms with van der Waals surface area (Å²) < 4.78 is 5.09. The van der Waals surface area contributed by atoms with E-state index in [1.807, 2.05) is 0 Å². The first-order chi connectivity index (χ1) is 8.66. The van der Waals surface area contributed by atoms with Crippen molar-refractivity contribution in [3.05, 3.63) is 65.4 Å². The van der Waals surface area contributed by atoms with Crippen molar-refractivity contribution in [1.29, 1.82) is 0 Å². The maximum Gasteiger partial charge on any atom is 0.343 e. The summed E-state index contributed by atoms with van der Waals surface area (Å²) in [6.45, 7) is 0. The van der Waals surface area contributed by atoms with Crippen LogP contribution in [0.25, 0.3) is 0 Å². The Morgan fingerprint density at radius 2 is 1.83 bits per heavy atom. The van der Waals surface area contributed by atoms with Crippen LogP contribution in [0.1, 0.15) is 10.4 Å². The Hall–Kier alpha value is -2.21. The maximum atomic E-state index is 11.7. The Bertz CT molecular complexity index is 540. The molecule has 2 N–H and O–H groups in total. The Morgan fingerprint density at radius 1 is 1.11 bits per heavy atom. The summed E-state index contributed by atoms with van der Waals surface area (Å²) in [6, 6.07) is 14.3. The lowest BCUT2D eigenvalue weighted by atomic mass is 10.2. The van der Waals surface area contributed by atoms with Gasteiger partial charge in [-0.15, -0.1) is 0 Å². The molecule has 0 heterocycles. The normalized spacial score (nSPS) is 11.9. The van der Waals surface area contributed by atoms with Crippen LogP contribution in [-0.2, 0) is 0 Å². The minimum Gasteiger partial charge on any atom is -0.595 e. The van der Waals surface area contributed by atoms with Gasteiger partial charge < -0.3 is 9.94 Å². The molecule has 0 spiro atoms. The molecule has 1 atom stereocenters. The molecule has 2 aromatic rings. The Labute approximate surface area is 103 Å². The van der Waals surface area contributed by atoms with E-state index in [1.54, 1.807) is 30.3 Å². The van der Waals surface area contributed by atoms with Gasteiger partial charge in [-0.2, -0.15) is 5.23 Å². The van der Waals surface area contributed by atoms with Crippen LogP contribution in [0.5, 0.6) is 5.75 Å². The topological polar surface area (TPSA) is 74.0 Å². The molecule has 5 nitrogen and oxygen atoms in total. The molecule has 1 unspecified atom stereocenters. The van der Waals surface area contributed by atoms with Crippen LogP contribution >= 0.6 is 0 Å². The third-order valence-electron chi connectivity index (χ3n) is 2.30. The third kappa shape index (κ3) is 2.92. The van der Waals surface area contributed by atoms with Crippen molar-refractivity contribution in [2.75, 3.05) is 0 Å². The standard InChI is InChI=1S/C13H11NO4/c15-13(10-5-2-1-3-6-10)18-12-8-4-7-11(9-12)14(16)17/h1-9,14,16H. The molecule has 0 bridgehead atoms. The van der Waals surface area contributed by atoms with E-state index in [1.165, 1.54) is 24.3 Å². The van der Waals surface area contributed by atoms with Gasteiger partial charge in [-0.1, -0.05) is 24.3 Å². The Balaban J connectivity index is 2.15. The van der Waals surface area contributed by atoms with Gasteiger partial charge in [0.1, 0.15) is 5.75 Å². The molecule has 92 valence electrons. The van der Waals surface area contributed by atoms with Gasteiger partial charge in [-0.05, 0) is 18.2 Å². The van der Waals surface area contributed by atoms with E-state index in [0.717, 1.165) is 0 Å². The molecule has 0 fully saturated rings. The zero-order valence-corrected chi connectivity index (χ0v) is 9.37. The number of rotatable bonds is 3. The molecule has 0 aliphatic heterocycles. The quantitative estimate of drug-likeness (QED) is 0.485. The number of ether oxygens (including phenoxy) is 1. The van der Waals surface area contributed by atoms with Crippen molar-refractivity contribution < 1.29 is 20.0 Å². The summed E-state index contributed by atoms with van der Waals surface area (Å²) in [5.41, 5.74) is 0.492. The molecule has 18 heavy (non-hydrogen) atoms. The molecule has 0 aliphatic rings. The highest BCUT2D eigenvalue weighted by Gasteiger charge is 2.09. The molecular weight excluding hydrogens is 234 g/mol. The van der Waals surface area contributed by atoms with Gasteiger partial charge >= 0.3 is 5.97 Å². The molecule has 0 aliphatic carbocycles. The van der Waals surface area contributed by atoms with Crippen molar-refractivity contribution in [3.8, 4) is 5.75 Å². The van der Waals surface area contributed by atoms with Gasteiger partial charge in [0.25, 0.3) is 0 Å². The lowest BCUT2D eigenvalue weighted by Crippen LogP contribution is -2.99. The number of esters is 1. The molecule has 0 radical (unpaired) electrons. The number of carbonyl (C=O) groups excluding carboxylic acids is 1. The lowest BCUT2D eigenvalue weighted by molar-refractivity contribution is -0.991. The first kappa shape index (κ1) is 12.3. The zero-order valence-electron chi connectivity index (χ0n) is 9.37. The van der Waals surface area contributed by atoms with Gasteiger partial charge in [-0.25, -0.2) is 10.0 Å². The largest absolute Gasteiger partial charge is 0.595 e. The second kappa shape index (κ2) is 5.42. The molecule has 0 amide bonds. The fourth-order valence-electron chi connectivity index (χ4n) is 1.43. The highest BCUT2D eigenvalue weighted by molar-refractivity contribution is 5.91. The molecule has 2 rings (SSSR count). The van der Waals surface area contributed by atoms with Gasteiger partial charge in [0, 0.05) is 12.1 Å². The molecule has 0 saturated carbocycles.